The average Bonchev–Trinajstić information content (AvgIpc) is 2.17. The van der Waals surface area contributed by atoms with Crippen molar-refractivity contribution in [1.82, 2.24) is 9.55 Å². The van der Waals surface area contributed by atoms with Gasteiger partial charge in [0.05, 0.1) is 0 Å². The average molecular weight is 380 g/mol. The van der Waals surface area contributed by atoms with Gasteiger partial charge in [-0.15, -0.1) is 0 Å². The molecule has 1 heterocycles. The Balaban J connectivity index is 3.17. The monoisotopic (exact) mass is 380 g/mol. The lowest BCUT2D eigenvalue weighted by atomic mass is 10.9. The van der Waals surface area contributed by atoms with Crippen molar-refractivity contribution in [3.63, 3.8) is 0 Å². The zero-order valence-electron chi connectivity index (χ0n) is 5.56. The first kappa shape index (κ1) is 9.11. The summed E-state index contributed by atoms with van der Waals surface area (Å²) in [5.41, 5.74) is 0. The van der Waals surface area contributed by atoms with Gasteiger partial charge >= 0.3 is 0 Å². The molecule has 0 amide bonds. The van der Waals surface area contributed by atoms with Crippen LogP contribution in [0.5, 0.6) is 0 Å². The molecule has 2 nitrogen and oxygen atoms in total. The Bertz CT molecular complexity index is 246. The maximum absolute atomic E-state index is 4.33. The molecule has 0 radical (unpaired) electrons. The molecule has 0 unspecified atom stereocenters. The quantitative estimate of drug-likeness (QED) is 0.550. The molecule has 0 aromatic carbocycles. The molecule has 0 atom stereocenters. The van der Waals surface area contributed by atoms with Crippen LogP contribution in [-0.4, -0.2) is 15.8 Å². The number of thioether (sulfide) groups is 1. The molecular weight excluding hydrogens is 374 g/mol. The minimum atomic E-state index is 1.08. The van der Waals surface area contributed by atoms with Gasteiger partial charge in [0.15, 0.2) is 5.16 Å². The van der Waals surface area contributed by atoms with E-state index in [1.54, 1.807) is 11.8 Å². The van der Waals surface area contributed by atoms with Gasteiger partial charge in [-0.25, -0.2) is 4.98 Å². The fourth-order valence-corrected chi connectivity index (χ4v) is 2.42. The largest absolute Gasteiger partial charge is 0.317 e. The van der Waals surface area contributed by atoms with Crippen molar-refractivity contribution in [3.05, 3.63) is 7.40 Å². The Hall–Kier alpha value is 1.02. The van der Waals surface area contributed by atoms with Crippen LogP contribution in [0.15, 0.2) is 5.16 Å². The van der Waals surface area contributed by atoms with E-state index in [1.165, 1.54) is 3.70 Å². The molecule has 0 saturated carbocycles. The van der Waals surface area contributed by atoms with Crippen molar-refractivity contribution in [2.75, 3.05) is 6.26 Å². The maximum Gasteiger partial charge on any atom is 0.169 e. The molecule has 10 heavy (non-hydrogen) atoms. The van der Waals surface area contributed by atoms with E-state index in [0.29, 0.717) is 0 Å². The van der Waals surface area contributed by atoms with E-state index in [-0.39, 0.29) is 0 Å². The Kier molecular flexibility index (Phi) is 3.29. The predicted molar refractivity (Wildman–Crippen MR) is 60.4 cm³/mol. The molecule has 0 N–H and O–H groups in total. The van der Waals surface area contributed by atoms with Crippen molar-refractivity contribution < 1.29 is 0 Å². The number of aromatic nitrogens is 2. The lowest BCUT2D eigenvalue weighted by molar-refractivity contribution is 0.774. The Morgan fingerprint density at radius 3 is 2.30 bits per heavy atom. The molecule has 5 heteroatoms. The molecule has 1 aromatic heterocycles. The van der Waals surface area contributed by atoms with Crippen LogP contribution in [0.25, 0.3) is 0 Å². The molecule has 0 fully saturated rings. The molecule has 0 aliphatic heterocycles. The van der Waals surface area contributed by atoms with E-state index in [0.717, 1.165) is 8.86 Å². The Morgan fingerprint density at radius 2 is 2.10 bits per heavy atom. The van der Waals surface area contributed by atoms with Crippen molar-refractivity contribution >= 4 is 56.9 Å². The number of hydrogen-bond donors (Lipinski definition) is 0. The van der Waals surface area contributed by atoms with Crippen LogP contribution in [0.3, 0.4) is 0 Å². The van der Waals surface area contributed by atoms with Crippen molar-refractivity contribution in [2.24, 2.45) is 7.05 Å². The molecule has 56 valence electrons. The van der Waals surface area contributed by atoms with Gasteiger partial charge in [0.1, 0.15) is 7.40 Å². The smallest absolute Gasteiger partial charge is 0.169 e. The van der Waals surface area contributed by atoms with Gasteiger partial charge < -0.3 is 4.57 Å². The summed E-state index contributed by atoms with van der Waals surface area (Å²) in [6.45, 7) is 0. The second-order valence-corrected chi connectivity index (χ2v) is 4.56. The van der Waals surface area contributed by atoms with Gasteiger partial charge in [-0.05, 0) is 51.4 Å². The molecule has 0 spiro atoms. The van der Waals surface area contributed by atoms with Crippen LogP contribution in [0.4, 0.5) is 0 Å². The number of imidazole rings is 1. The van der Waals surface area contributed by atoms with Crippen LogP contribution in [0, 0.1) is 7.40 Å². The predicted octanol–water partition coefficient (Wildman–Crippen LogP) is 2.35. The summed E-state index contributed by atoms with van der Waals surface area (Å²) < 4.78 is 4.39. The second-order valence-electron chi connectivity index (χ2n) is 1.74. The van der Waals surface area contributed by atoms with E-state index in [1.807, 2.05) is 13.3 Å². The summed E-state index contributed by atoms with van der Waals surface area (Å²) in [6, 6.07) is 0. The standard InChI is InChI=1S/C5H6I2N2S/c1-9-4(7)3(6)8-5(9)10-2/h1-2H3. The second kappa shape index (κ2) is 3.61. The van der Waals surface area contributed by atoms with Crippen LogP contribution in [-0.2, 0) is 7.05 Å². The fraction of sp³-hybridized carbons (Fsp3) is 0.400. The van der Waals surface area contributed by atoms with Crippen molar-refractivity contribution in [3.8, 4) is 0 Å². The lowest BCUT2D eigenvalue weighted by Gasteiger charge is -1.95. The third-order valence-corrected chi connectivity index (χ3v) is 4.88. The summed E-state index contributed by atoms with van der Waals surface area (Å²) in [7, 11) is 2.03. The number of halogens is 2. The summed E-state index contributed by atoms with van der Waals surface area (Å²) >= 11 is 6.21. The van der Waals surface area contributed by atoms with Gasteiger partial charge in [-0.3, -0.25) is 0 Å². The molecule has 0 aliphatic carbocycles. The summed E-state index contributed by atoms with van der Waals surface area (Å²) in [4.78, 5) is 4.33. The van der Waals surface area contributed by atoms with Gasteiger partial charge in [0.2, 0.25) is 0 Å². The molecule has 0 aliphatic rings. The van der Waals surface area contributed by atoms with Crippen molar-refractivity contribution in [2.45, 2.75) is 5.16 Å². The molecule has 1 rings (SSSR count). The van der Waals surface area contributed by atoms with Crippen LogP contribution in [0.1, 0.15) is 0 Å². The maximum atomic E-state index is 4.33. The topological polar surface area (TPSA) is 17.8 Å². The van der Waals surface area contributed by atoms with E-state index in [2.05, 4.69) is 54.7 Å². The number of rotatable bonds is 1. The highest BCUT2D eigenvalue weighted by atomic mass is 127. The van der Waals surface area contributed by atoms with Gasteiger partial charge in [0.25, 0.3) is 0 Å². The third kappa shape index (κ3) is 1.60. The third-order valence-electron chi connectivity index (χ3n) is 1.13. The first-order valence-corrected chi connectivity index (χ1v) is 5.96. The molecule has 0 bridgehead atoms. The van der Waals surface area contributed by atoms with E-state index < -0.39 is 0 Å². The van der Waals surface area contributed by atoms with Gasteiger partial charge in [0, 0.05) is 7.05 Å². The zero-order chi connectivity index (χ0) is 7.72. The van der Waals surface area contributed by atoms with E-state index >= 15 is 0 Å². The molecule has 0 saturated heterocycles. The zero-order valence-corrected chi connectivity index (χ0v) is 10.7. The molecule has 1 aromatic rings. The van der Waals surface area contributed by atoms with Gasteiger partial charge in [-0.2, -0.15) is 0 Å². The number of nitrogens with zero attached hydrogens (tertiary/aromatic N) is 2. The van der Waals surface area contributed by atoms with Crippen LogP contribution >= 0.6 is 56.9 Å². The normalized spacial score (nSPS) is 10.4. The SMILES string of the molecule is CSc1nc(I)c(I)n1C. The molecular formula is C5H6I2N2S. The highest BCUT2D eigenvalue weighted by molar-refractivity contribution is 14.1. The first-order valence-electron chi connectivity index (χ1n) is 2.58. The van der Waals surface area contributed by atoms with Crippen LogP contribution in [0.2, 0.25) is 0 Å². The first-order chi connectivity index (χ1) is 4.66. The highest BCUT2D eigenvalue weighted by Gasteiger charge is 2.07. The van der Waals surface area contributed by atoms with Crippen LogP contribution < -0.4 is 0 Å². The number of hydrogen-bond acceptors (Lipinski definition) is 2. The minimum absolute atomic E-state index is 1.08. The Morgan fingerprint density at radius 1 is 1.50 bits per heavy atom. The summed E-state index contributed by atoms with van der Waals surface area (Å²) in [6.07, 6.45) is 2.04. The summed E-state index contributed by atoms with van der Waals surface area (Å²) in [5, 5.41) is 1.08. The fourth-order valence-electron chi connectivity index (χ4n) is 0.610. The highest BCUT2D eigenvalue weighted by Crippen LogP contribution is 2.20. The van der Waals surface area contributed by atoms with Crippen molar-refractivity contribution in [1.29, 1.82) is 0 Å². The summed E-state index contributed by atoms with van der Waals surface area (Å²) in [5.74, 6) is 0. The van der Waals surface area contributed by atoms with E-state index in [9.17, 15) is 0 Å². The van der Waals surface area contributed by atoms with Gasteiger partial charge in [-0.1, -0.05) is 11.8 Å². The van der Waals surface area contributed by atoms with E-state index in [4.69, 9.17) is 0 Å². The Labute approximate surface area is 91.4 Å². The lowest BCUT2D eigenvalue weighted by Crippen LogP contribution is -1.91. The minimum Gasteiger partial charge on any atom is -0.317 e.